The van der Waals surface area contributed by atoms with Crippen LogP contribution in [0.4, 0.5) is 5.69 Å². The van der Waals surface area contributed by atoms with Gasteiger partial charge in [-0.05, 0) is 61.7 Å². The fourth-order valence-corrected chi connectivity index (χ4v) is 2.28. The summed E-state index contributed by atoms with van der Waals surface area (Å²) in [5, 5.41) is 3.50. The van der Waals surface area contributed by atoms with Gasteiger partial charge in [-0.25, -0.2) is 0 Å². The molecule has 0 saturated heterocycles. The van der Waals surface area contributed by atoms with E-state index in [-0.39, 0.29) is 5.91 Å². The first-order valence-electron chi connectivity index (χ1n) is 7.90. The number of amides is 1. The molecule has 0 spiro atoms. The number of hydrogen-bond donors (Lipinski definition) is 1. The van der Waals surface area contributed by atoms with Crippen LogP contribution in [0, 0.1) is 0 Å². The molecule has 3 nitrogen and oxygen atoms in total. The number of carbonyl (C=O) groups excluding carboxylic acids is 1. The van der Waals surface area contributed by atoms with Crippen molar-refractivity contribution in [2.24, 2.45) is 0 Å². The Labute approximate surface area is 142 Å². The summed E-state index contributed by atoms with van der Waals surface area (Å²) in [6.07, 6.45) is 2.84. The highest BCUT2D eigenvalue weighted by molar-refractivity contribution is 6.30. The number of anilines is 1. The Kier molecular flexibility index (Phi) is 6.48. The van der Waals surface area contributed by atoms with Crippen LogP contribution in [-0.2, 0) is 11.2 Å². The summed E-state index contributed by atoms with van der Waals surface area (Å²) < 4.78 is 5.61. The molecule has 0 bridgehead atoms. The lowest BCUT2D eigenvalue weighted by Gasteiger charge is -2.15. The van der Waals surface area contributed by atoms with Crippen LogP contribution in [0.1, 0.15) is 32.3 Å². The summed E-state index contributed by atoms with van der Waals surface area (Å²) in [6.45, 7) is 3.90. The molecule has 2 aromatic rings. The van der Waals surface area contributed by atoms with Gasteiger partial charge in [0.1, 0.15) is 5.75 Å². The summed E-state index contributed by atoms with van der Waals surface area (Å²) in [4.78, 5) is 12.2. The molecule has 0 aliphatic carbocycles. The highest BCUT2D eigenvalue weighted by Crippen LogP contribution is 2.18. The number of hydrogen-bond acceptors (Lipinski definition) is 2. The first kappa shape index (κ1) is 17.4. The van der Waals surface area contributed by atoms with Crippen LogP contribution in [0.2, 0.25) is 5.02 Å². The molecule has 1 atom stereocenters. The zero-order valence-electron chi connectivity index (χ0n) is 13.5. The van der Waals surface area contributed by atoms with Gasteiger partial charge in [-0.15, -0.1) is 0 Å². The number of halogens is 1. The van der Waals surface area contributed by atoms with Crippen molar-refractivity contribution < 1.29 is 9.53 Å². The average Bonchev–Trinajstić information content (AvgIpc) is 2.56. The predicted octanol–water partition coefficient (Wildman–Crippen LogP) is 5.09. The molecule has 0 saturated carbocycles. The summed E-state index contributed by atoms with van der Waals surface area (Å²) in [6, 6.07) is 14.9. The Morgan fingerprint density at radius 2 is 1.78 bits per heavy atom. The van der Waals surface area contributed by atoms with Crippen molar-refractivity contribution in [3.8, 4) is 5.75 Å². The Morgan fingerprint density at radius 3 is 2.39 bits per heavy atom. The van der Waals surface area contributed by atoms with Gasteiger partial charge in [0.15, 0.2) is 6.10 Å². The monoisotopic (exact) mass is 331 g/mol. The third kappa shape index (κ3) is 5.61. The Hall–Kier alpha value is -2.00. The van der Waals surface area contributed by atoms with Crippen LogP contribution in [0.15, 0.2) is 48.5 Å². The maximum absolute atomic E-state index is 12.2. The van der Waals surface area contributed by atoms with E-state index < -0.39 is 6.10 Å². The maximum Gasteiger partial charge on any atom is 0.265 e. The lowest BCUT2D eigenvalue weighted by atomic mass is 10.1. The number of rotatable bonds is 7. The molecule has 1 amide bonds. The molecule has 0 unspecified atom stereocenters. The van der Waals surface area contributed by atoms with Gasteiger partial charge in [0.25, 0.3) is 5.91 Å². The minimum Gasteiger partial charge on any atom is -0.481 e. The summed E-state index contributed by atoms with van der Waals surface area (Å²) in [7, 11) is 0. The molecule has 0 aromatic heterocycles. The van der Waals surface area contributed by atoms with Gasteiger partial charge in [0, 0.05) is 10.7 Å². The molecule has 2 rings (SSSR count). The van der Waals surface area contributed by atoms with Crippen molar-refractivity contribution in [1.29, 1.82) is 0 Å². The lowest BCUT2D eigenvalue weighted by Crippen LogP contribution is -2.30. The molecule has 122 valence electrons. The molecule has 1 N–H and O–H groups in total. The van der Waals surface area contributed by atoms with Crippen molar-refractivity contribution >= 4 is 23.2 Å². The molecule has 23 heavy (non-hydrogen) atoms. The van der Waals surface area contributed by atoms with Gasteiger partial charge in [-0.3, -0.25) is 4.79 Å². The zero-order chi connectivity index (χ0) is 16.7. The molecule has 0 fully saturated rings. The Balaban J connectivity index is 1.88. The molecule has 0 aliphatic rings. The second-order valence-corrected chi connectivity index (χ2v) is 5.94. The minimum absolute atomic E-state index is 0.179. The molecule has 4 heteroatoms. The third-order valence-electron chi connectivity index (χ3n) is 3.54. The van der Waals surface area contributed by atoms with Crippen molar-refractivity contribution in [3.05, 3.63) is 59.1 Å². The van der Waals surface area contributed by atoms with E-state index in [0.717, 1.165) is 12.1 Å². The number of unbranched alkanes of at least 4 members (excludes halogenated alkanes) is 1. The van der Waals surface area contributed by atoms with Gasteiger partial charge in [-0.1, -0.05) is 37.1 Å². The standard InChI is InChI=1S/C19H22ClNO2/c1-3-4-5-15-6-10-17(11-7-15)21-19(22)14(2)23-18-12-8-16(20)9-13-18/h6-14H,3-5H2,1-2H3,(H,21,22)/t14-/m1/s1. The highest BCUT2D eigenvalue weighted by atomic mass is 35.5. The van der Waals surface area contributed by atoms with Crippen molar-refractivity contribution in [1.82, 2.24) is 0 Å². The van der Waals surface area contributed by atoms with E-state index in [0.29, 0.717) is 10.8 Å². The van der Waals surface area contributed by atoms with E-state index in [2.05, 4.69) is 24.4 Å². The van der Waals surface area contributed by atoms with E-state index in [4.69, 9.17) is 16.3 Å². The van der Waals surface area contributed by atoms with E-state index in [9.17, 15) is 4.79 Å². The van der Waals surface area contributed by atoms with Gasteiger partial charge >= 0.3 is 0 Å². The number of benzene rings is 2. The summed E-state index contributed by atoms with van der Waals surface area (Å²) >= 11 is 5.83. The average molecular weight is 332 g/mol. The number of aryl methyl sites for hydroxylation is 1. The van der Waals surface area contributed by atoms with Crippen LogP contribution in [0.5, 0.6) is 5.75 Å². The lowest BCUT2D eigenvalue weighted by molar-refractivity contribution is -0.122. The van der Waals surface area contributed by atoms with E-state index in [1.165, 1.54) is 18.4 Å². The van der Waals surface area contributed by atoms with Crippen molar-refractivity contribution in [2.45, 2.75) is 39.2 Å². The van der Waals surface area contributed by atoms with Crippen LogP contribution in [0.3, 0.4) is 0 Å². The second-order valence-electron chi connectivity index (χ2n) is 5.50. The van der Waals surface area contributed by atoms with Gasteiger partial charge in [0.05, 0.1) is 0 Å². The quantitative estimate of drug-likeness (QED) is 0.767. The van der Waals surface area contributed by atoms with Crippen LogP contribution >= 0.6 is 11.6 Å². The highest BCUT2D eigenvalue weighted by Gasteiger charge is 2.14. The fourth-order valence-electron chi connectivity index (χ4n) is 2.15. The van der Waals surface area contributed by atoms with Gasteiger partial charge in [0.2, 0.25) is 0 Å². The Bertz CT molecular complexity index is 623. The number of carbonyl (C=O) groups is 1. The van der Waals surface area contributed by atoms with Crippen LogP contribution < -0.4 is 10.1 Å². The SMILES string of the molecule is CCCCc1ccc(NC(=O)[C@@H](C)Oc2ccc(Cl)cc2)cc1. The smallest absolute Gasteiger partial charge is 0.265 e. The molecule has 2 aromatic carbocycles. The fraction of sp³-hybridized carbons (Fsp3) is 0.316. The van der Waals surface area contributed by atoms with Crippen LogP contribution in [-0.4, -0.2) is 12.0 Å². The van der Waals surface area contributed by atoms with Crippen molar-refractivity contribution in [2.75, 3.05) is 5.32 Å². The molecule has 0 radical (unpaired) electrons. The van der Waals surface area contributed by atoms with Gasteiger partial charge < -0.3 is 10.1 Å². The first-order chi connectivity index (χ1) is 11.1. The van der Waals surface area contributed by atoms with Crippen molar-refractivity contribution in [3.63, 3.8) is 0 Å². The molecular formula is C19H22ClNO2. The topological polar surface area (TPSA) is 38.3 Å². The molecule has 0 aliphatic heterocycles. The third-order valence-corrected chi connectivity index (χ3v) is 3.79. The van der Waals surface area contributed by atoms with Gasteiger partial charge in [-0.2, -0.15) is 0 Å². The molecular weight excluding hydrogens is 310 g/mol. The zero-order valence-corrected chi connectivity index (χ0v) is 14.3. The number of nitrogens with one attached hydrogen (secondary N) is 1. The largest absolute Gasteiger partial charge is 0.481 e. The first-order valence-corrected chi connectivity index (χ1v) is 8.28. The number of ether oxygens (including phenoxy) is 1. The summed E-state index contributed by atoms with van der Waals surface area (Å²) in [5.74, 6) is 0.438. The van der Waals surface area contributed by atoms with E-state index in [1.807, 2.05) is 12.1 Å². The van der Waals surface area contributed by atoms with E-state index >= 15 is 0 Å². The predicted molar refractivity (Wildman–Crippen MR) is 95.2 cm³/mol. The Morgan fingerprint density at radius 1 is 1.13 bits per heavy atom. The molecule has 0 heterocycles. The summed E-state index contributed by atoms with van der Waals surface area (Å²) in [5.41, 5.74) is 2.07. The second kappa shape index (κ2) is 8.59. The normalized spacial score (nSPS) is 11.8. The van der Waals surface area contributed by atoms with Crippen LogP contribution in [0.25, 0.3) is 0 Å². The minimum atomic E-state index is -0.587. The maximum atomic E-state index is 12.2. The van der Waals surface area contributed by atoms with E-state index in [1.54, 1.807) is 31.2 Å².